The molecule has 28 heavy (non-hydrogen) atoms. The number of rotatable bonds is 7. The van der Waals surface area contributed by atoms with Crippen LogP contribution >= 0.6 is 0 Å². The van der Waals surface area contributed by atoms with Crippen LogP contribution in [0.25, 0.3) is 0 Å². The Hall–Kier alpha value is -2.22. The van der Waals surface area contributed by atoms with E-state index >= 15 is 0 Å². The van der Waals surface area contributed by atoms with Crippen LogP contribution in [0.1, 0.15) is 44.4 Å². The second-order valence-electron chi connectivity index (χ2n) is 7.68. The quantitative estimate of drug-likeness (QED) is 0.691. The molecule has 0 unspecified atom stereocenters. The fourth-order valence-electron chi connectivity index (χ4n) is 2.57. The van der Waals surface area contributed by atoms with Crippen molar-refractivity contribution in [1.82, 2.24) is 4.72 Å². The molecule has 0 saturated carbocycles. The van der Waals surface area contributed by atoms with Crippen molar-refractivity contribution in [2.75, 3.05) is 0 Å². The van der Waals surface area contributed by atoms with Gasteiger partial charge in [0.05, 0.1) is 11.0 Å². The maximum atomic E-state index is 12.7. The summed E-state index contributed by atoms with van der Waals surface area (Å²) in [7, 11) is -3.97. The number of aliphatic hydroxyl groups excluding tert-OH is 1. The average Bonchev–Trinajstić information content (AvgIpc) is 2.60. The van der Waals surface area contributed by atoms with E-state index in [1.807, 2.05) is 13.0 Å². The van der Waals surface area contributed by atoms with Gasteiger partial charge in [-0.05, 0) is 45.4 Å². The van der Waals surface area contributed by atoms with Crippen molar-refractivity contribution in [3.8, 4) is 0 Å². The number of esters is 1. The maximum Gasteiger partial charge on any atom is 0.324 e. The Labute approximate surface area is 166 Å². The van der Waals surface area contributed by atoms with E-state index in [-0.39, 0.29) is 11.3 Å². The third-order valence-electron chi connectivity index (χ3n) is 3.96. The van der Waals surface area contributed by atoms with E-state index in [1.54, 1.807) is 57.2 Å². The zero-order valence-corrected chi connectivity index (χ0v) is 17.4. The van der Waals surface area contributed by atoms with Crippen LogP contribution in [0.3, 0.4) is 0 Å². The van der Waals surface area contributed by atoms with Gasteiger partial charge in [0.25, 0.3) is 0 Å². The molecule has 2 aromatic rings. The van der Waals surface area contributed by atoms with Crippen LogP contribution in [0.4, 0.5) is 0 Å². The smallest absolute Gasteiger partial charge is 0.324 e. The van der Waals surface area contributed by atoms with E-state index in [1.165, 1.54) is 12.1 Å². The summed E-state index contributed by atoms with van der Waals surface area (Å²) in [6, 6.07) is 13.8. The fourth-order valence-corrected chi connectivity index (χ4v) is 3.77. The van der Waals surface area contributed by atoms with Gasteiger partial charge >= 0.3 is 5.97 Å². The summed E-state index contributed by atoms with van der Waals surface area (Å²) in [5.41, 5.74) is 0.718. The summed E-state index contributed by atoms with van der Waals surface area (Å²) >= 11 is 0. The summed E-state index contributed by atoms with van der Waals surface area (Å²) in [5, 5.41) is 10.5. The SMILES string of the molecule is Cc1ccc(S(=O)(=O)N[C@@H](C[C@@H](O)c2ccccc2)C(=O)OC(C)(C)C)cc1. The lowest BCUT2D eigenvalue weighted by atomic mass is 10.0. The molecule has 6 nitrogen and oxygen atoms in total. The number of ether oxygens (including phenoxy) is 1. The number of benzene rings is 2. The molecule has 0 aliphatic heterocycles. The number of sulfonamides is 1. The van der Waals surface area contributed by atoms with Crippen LogP contribution in [0.2, 0.25) is 0 Å². The first-order valence-electron chi connectivity index (χ1n) is 9.03. The molecule has 2 N–H and O–H groups in total. The molecule has 0 aliphatic carbocycles. The predicted octanol–water partition coefficient (Wildman–Crippen LogP) is 3.11. The Morgan fingerprint density at radius 3 is 2.18 bits per heavy atom. The molecule has 0 saturated heterocycles. The first-order valence-corrected chi connectivity index (χ1v) is 10.5. The number of carbonyl (C=O) groups excluding carboxylic acids is 1. The fraction of sp³-hybridized carbons (Fsp3) is 0.381. The van der Waals surface area contributed by atoms with Gasteiger partial charge in [0.2, 0.25) is 10.0 Å². The topological polar surface area (TPSA) is 92.7 Å². The molecule has 152 valence electrons. The zero-order chi connectivity index (χ0) is 20.9. The second kappa shape index (κ2) is 8.86. The first kappa shape index (κ1) is 22.1. The van der Waals surface area contributed by atoms with E-state index in [0.29, 0.717) is 5.56 Å². The van der Waals surface area contributed by atoms with Crippen molar-refractivity contribution >= 4 is 16.0 Å². The van der Waals surface area contributed by atoms with Crippen LogP contribution in [0.5, 0.6) is 0 Å². The minimum Gasteiger partial charge on any atom is -0.459 e. The molecule has 0 aliphatic rings. The lowest BCUT2D eigenvalue weighted by Crippen LogP contribution is -2.45. The van der Waals surface area contributed by atoms with Gasteiger partial charge in [-0.3, -0.25) is 4.79 Å². The molecule has 0 heterocycles. The largest absolute Gasteiger partial charge is 0.459 e. The normalized spacial score (nSPS) is 14.3. The highest BCUT2D eigenvalue weighted by molar-refractivity contribution is 7.89. The highest BCUT2D eigenvalue weighted by atomic mass is 32.2. The summed E-state index contributed by atoms with van der Waals surface area (Å²) in [5.74, 6) is -0.738. The first-order chi connectivity index (χ1) is 13.0. The Morgan fingerprint density at radius 1 is 1.07 bits per heavy atom. The van der Waals surface area contributed by atoms with Gasteiger partial charge in [0, 0.05) is 6.42 Å². The number of hydrogen-bond donors (Lipinski definition) is 2. The lowest BCUT2D eigenvalue weighted by molar-refractivity contribution is -0.157. The summed E-state index contributed by atoms with van der Waals surface area (Å²) < 4.78 is 33.2. The van der Waals surface area contributed by atoms with Crippen molar-refractivity contribution in [3.63, 3.8) is 0 Å². The highest BCUT2D eigenvalue weighted by Crippen LogP contribution is 2.21. The Morgan fingerprint density at radius 2 is 1.64 bits per heavy atom. The molecule has 0 bridgehead atoms. The van der Waals surface area contributed by atoms with E-state index in [2.05, 4.69) is 4.72 Å². The number of hydrogen-bond acceptors (Lipinski definition) is 5. The third kappa shape index (κ3) is 6.44. The van der Waals surface area contributed by atoms with Crippen LogP contribution in [-0.2, 0) is 19.6 Å². The molecule has 0 amide bonds. The number of carbonyl (C=O) groups is 1. The standard InChI is InChI=1S/C21H27NO5S/c1-15-10-12-17(13-11-15)28(25,26)22-18(20(24)27-21(2,3)4)14-19(23)16-8-6-5-7-9-16/h5-13,18-19,22-23H,14H2,1-4H3/t18-,19+/m0/s1. The van der Waals surface area contributed by atoms with Crippen LogP contribution < -0.4 is 4.72 Å². The van der Waals surface area contributed by atoms with E-state index in [4.69, 9.17) is 4.74 Å². The van der Waals surface area contributed by atoms with Gasteiger partial charge in [0.15, 0.2) is 0 Å². The Balaban J connectivity index is 2.27. The Bertz CT molecular complexity index is 887. The molecule has 0 spiro atoms. The molecule has 7 heteroatoms. The van der Waals surface area contributed by atoms with Crippen LogP contribution in [0, 0.1) is 6.92 Å². The van der Waals surface area contributed by atoms with Gasteiger partial charge in [-0.15, -0.1) is 0 Å². The van der Waals surface area contributed by atoms with Gasteiger partial charge < -0.3 is 9.84 Å². The molecule has 0 fully saturated rings. The third-order valence-corrected chi connectivity index (χ3v) is 5.45. The van der Waals surface area contributed by atoms with E-state index < -0.39 is 33.7 Å². The van der Waals surface area contributed by atoms with Crippen LogP contribution in [-0.4, -0.2) is 31.1 Å². The maximum absolute atomic E-state index is 12.7. The van der Waals surface area contributed by atoms with Crippen molar-refractivity contribution in [2.24, 2.45) is 0 Å². The molecule has 2 rings (SSSR count). The average molecular weight is 406 g/mol. The molecule has 2 aromatic carbocycles. The number of aliphatic hydroxyl groups is 1. The molecule has 2 atom stereocenters. The Kier molecular flexibility index (Phi) is 6.98. The monoisotopic (exact) mass is 405 g/mol. The minimum atomic E-state index is -3.97. The second-order valence-corrected chi connectivity index (χ2v) is 9.40. The van der Waals surface area contributed by atoms with Crippen molar-refractivity contribution in [2.45, 2.75) is 56.8 Å². The number of aryl methyl sites for hydroxylation is 1. The summed E-state index contributed by atoms with van der Waals surface area (Å²) in [6.45, 7) is 6.95. The predicted molar refractivity (Wildman–Crippen MR) is 107 cm³/mol. The van der Waals surface area contributed by atoms with Crippen molar-refractivity contribution in [3.05, 3.63) is 65.7 Å². The molecule has 0 aromatic heterocycles. The summed E-state index contributed by atoms with van der Waals surface area (Å²) in [4.78, 5) is 12.7. The van der Waals surface area contributed by atoms with Gasteiger partial charge in [-0.25, -0.2) is 8.42 Å². The van der Waals surface area contributed by atoms with Crippen LogP contribution in [0.15, 0.2) is 59.5 Å². The molecule has 0 radical (unpaired) electrons. The lowest BCUT2D eigenvalue weighted by Gasteiger charge is -2.26. The van der Waals surface area contributed by atoms with Gasteiger partial charge in [0.1, 0.15) is 11.6 Å². The van der Waals surface area contributed by atoms with Gasteiger partial charge in [-0.2, -0.15) is 4.72 Å². The summed E-state index contributed by atoms with van der Waals surface area (Å²) in [6.07, 6.45) is -1.18. The van der Waals surface area contributed by atoms with E-state index in [0.717, 1.165) is 5.56 Å². The molecular weight excluding hydrogens is 378 g/mol. The molecular formula is C21H27NO5S. The highest BCUT2D eigenvalue weighted by Gasteiger charge is 2.32. The zero-order valence-electron chi connectivity index (χ0n) is 16.5. The minimum absolute atomic E-state index is 0.0425. The van der Waals surface area contributed by atoms with Crippen molar-refractivity contribution < 1.29 is 23.1 Å². The van der Waals surface area contributed by atoms with Crippen molar-refractivity contribution in [1.29, 1.82) is 0 Å². The van der Waals surface area contributed by atoms with E-state index in [9.17, 15) is 18.3 Å². The number of nitrogens with one attached hydrogen (secondary N) is 1. The van der Waals surface area contributed by atoms with Gasteiger partial charge in [-0.1, -0.05) is 48.0 Å².